The van der Waals surface area contributed by atoms with E-state index in [2.05, 4.69) is 9.97 Å². The zero-order chi connectivity index (χ0) is 15.3. The molecule has 0 spiro atoms. The summed E-state index contributed by atoms with van der Waals surface area (Å²) < 4.78 is 0. The predicted molar refractivity (Wildman–Crippen MR) is 80.5 cm³/mol. The van der Waals surface area contributed by atoms with Crippen LogP contribution in [0.4, 0.5) is 4.79 Å². The fraction of sp³-hybridized carbons (Fsp3) is 0.385. The minimum Gasteiger partial charge on any atom is -0.318 e. The van der Waals surface area contributed by atoms with E-state index in [1.54, 1.807) is 7.05 Å². The van der Waals surface area contributed by atoms with Crippen LogP contribution in [0.25, 0.3) is 10.2 Å². The SMILES string of the molecule is Cc1sc2nc(CN3C(=O)CN(C)C3=O)nc(Cl)c2c1C. The number of imide groups is 1. The number of amides is 3. The fourth-order valence-corrected chi connectivity index (χ4v) is 3.71. The third-order valence-electron chi connectivity index (χ3n) is 3.56. The third-order valence-corrected chi connectivity index (χ3v) is 4.94. The zero-order valence-corrected chi connectivity index (χ0v) is 13.4. The molecule has 2 aromatic rings. The van der Waals surface area contributed by atoms with E-state index in [4.69, 9.17) is 11.6 Å². The number of aromatic nitrogens is 2. The summed E-state index contributed by atoms with van der Waals surface area (Å²) in [5, 5.41) is 1.21. The number of carbonyl (C=O) groups is 2. The maximum absolute atomic E-state index is 11.9. The van der Waals surface area contributed by atoms with E-state index in [1.165, 1.54) is 16.2 Å². The highest BCUT2D eigenvalue weighted by Gasteiger charge is 2.34. The summed E-state index contributed by atoms with van der Waals surface area (Å²) in [6, 6.07) is -0.335. The van der Waals surface area contributed by atoms with E-state index in [0.717, 1.165) is 25.6 Å². The maximum atomic E-state index is 11.9. The van der Waals surface area contributed by atoms with E-state index in [-0.39, 0.29) is 25.0 Å². The first kappa shape index (κ1) is 14.2. The Labute approximate surface area is 130 Å². The van der Waals surface area contributed by atoms with Crippen LogP contribution < -0.4 is 0 Å². The monoisotopic (exact) mass is 324 g/mol. The molecule has 110 valence electrons. The summed E-state index contributed by atoms with van der Waals surface area (Å²) in [5.74, 6) is 0.131. The normalized spacial score (nSPS) is 15.6. The molecule has 0 N–H and O–H groups in total. The fourth-order valence-electron chi connectivity index (χ4n) is 2.28. The van der Waals surface area contributed by atoms with Gasteiger partial charge in [0.25, 0.3) is 5.91 Å². The Balaban J connectivity index is 1.99. The first-order chi connectivity index (χ1) is 9.88. The molecule has 21 heavy (non-hydrogen) atoms. The van der Waals surface area contributed by atoms with Gasteiger partial charge in [-0.1, -0.05) is 11.6 Å². The Hall–Kier alpha value is -1.73. The number of urea groups is 1. The lowest BCUT2D eigenvalue weighted by Crippen LogP contribution is -2.31. The molecule has 3 rings (SSSR count). The van der Waals surface area contributed by atoms with Crippen LogP contribution >= 0.6 is 22.9 Å². The van der Waals surface area contributed by atoms with Crippen LogP contribution in [-0.2, 0) is 11.3 Å². The van der Waals surface area contributed by atoms with Crippen LogP contribution in [0.2, 0.25) is 5.15 Å². The number of carbonyl (C=O) groups excluding carboxylic acids is 2. The Morgan fingerprint density at radius 1 is 1.29 bits per heavy atom. The van der Waals surface area contributed by atoms with Crippen LogP contribution in [0.3, 0.4) is 0 Å². The second kappa shape index (κ2) is 4.92. The molecule has 2 aromatic heterocycles. The molecule has 0 aromatic carbocycles. The lowest BCUT2D eigenvalue weighted by atomic mass is 10.2. The average Bonchev–Trinajstić information content (AvgIpc) is 2.82. The second-order valence-corrected chi connectivity index (χ2v) is 6.57. The summed E-state index contributed by atoms with van der Waals surface area (Å²) >= 11 is 7.76. The molecule has 0 aliphatic carbocycles. The van der Waals surface area contributed by atoms with Crippen molar-refractivity contribution in [2.24, 2.45) is 0 Å². The molecule has 0 saturated carbocycles. The van der Waals surface area contributed by atoms with Gasteiger partial charge in [0.15, 0.2) is 5.82 Å². The molecule has 0 bridgehead atoms. The molecule has 3 amide bonds. The van der Waals surface area contributed by atoms with Gasteiger partial charge in [-0.3, -0.25) is 9.69 Å². The van der Waals surface area contributed by atoms with Crippen LogP contribution in [-0.4, -0.2) is 45.3 Å². The molecule has 0 radical (unpaired) electrons. The Bertz CT molecular complexity index is 773. The van der Waals surface area contributed by atoms with Crippen LogP contribution in [0, 0.1) is 13.8 Å². The van der Waals surface area contributed by atoms with Gasteiger partial charge in [-0.15, -0.1) is 11.3 Å². The van der Waals surface area contributed by atoms with Crippen LogP contribution in [0.1, 0.15) is 16.3 Å². The van der Waals surface area contributed by atoms with Crippen LogP contribution in [0.15, 0.2) is 0 Å². The van der Waals surface area contributed by atoms with Gasteiger partial charge in [-0.05, 0) is 19.4 Å². The van der Waals surface area contributed by atoms with Crippen molar-refractivity contribution in [1.29, 1.82) is 0 Å². The van der Waals surface area contributed by atoms with Crippen molar-refractivity contribution in [2.75, 3.05) is 13.6 Å². The van der Waals surface area contributed by atoms with Crippen molar-refractivity contribution in [3.05, 3.63) is 21.4 Å². The van der Waals surface area contributed by atoms with Gasteiger partial charge < -0.3 is 4.90 Å². The van der Waals surface area contributed by atoms with Gasteiger partial charge in [-0.25, -0.2) is 14.8 Å². The largest absolute Gasteiger partial charge is 0.327 e. The first-order valence-corrected chi connectivity index (χ1v) is 7.55. The lowest BCUT2D eigenvalue weighted by Gasteiger charge is -2.13. The number of likely N-dealkylation sites (N-methyl/N-ethyl adjacent to an activating group) is 1. The van der Waals surface area contributed by atoms with Crippen molar-refractivity contribution < 1.29 is 9.59 Å². The number of hydrogen-bond acceptors (Lipinski definition) is 5. The molecule has 1 saturated heterocycles. The van der Waals surface area contributed by atoms with E-state index in [9.17, 15) is 9.59 Å². The van der Waals surface area contributed by atoms with Gasteiger partial charge in [-0.2, -0.15) is 0 Å². The topological polar surface area (TPSA) is 66.4 Å². The van der Waals surface area contributed by atoms with Crippen molar-refractivity contribution in [2.45, 2.75) is 20.4 Å². The standard InChI is InChI=1S/C13H13ClN4O2S/c1-6-7(2)21-12-10(6)11(14)15-8(16-12)4-18-9(19)5-17(3)13(18)20/h4-5H2,1-3H3. The minimum absolute atomic E-state index is 0.0493. The number of hydrogen-bond donors (Lipinski definition) is 0. The zero-order valence-electron chi connectivity index (χ0n) is 11.8. The highest BCUT2D eigenvalue weighted by molar-refractivity contribution is 7.18. The molecule has 1 aliphatic heterocycles. The van der Waals surface area contributed by atoms with Gasteiger partial charge in [0.05, 0.1) is 11.9 Å². The van der Waals surface area contributed by atoms with E-state index < -0.39 is 0 Å². The molecule has 0 atom stereocenters. The van der Waals surface area contributed by atoms with Crippen molar-refractivity contribution in [1.82, 2.24) is 19.8 Å². The third kappa shape index (κ3) is 2.26. The van der Waals surface area contributed by atoms with Gasteiger partial charge in [0.2, 0.25) is 0 Å². The molecular formula is C13H13ClN4O2S. The van der Waals surface area contributed by atoms with E-state index >= 15 is 0 Å². The molecule has 6 nitrogen and oxygen atoms in total. The summed E-state index contributed by atoms with van der Waals surface area (Å²) in [6.07, 6.45) is 0. The molecule has 8 heteroatoms. The minimum atomic E-state index is -0.335. The van der Waals surface area contributed by atoms with Gasteiger partial charge >= 0.3 is 6.03 Å². The second-order valence-electron chi connectivity index (χ2n) is 5.01. The first-order valence-electron chi connectivity index (χ1n) is 6.36. The lowest BCUT2D eigenvalue weighted by molar-refractivity contribution is -0.125. The number of rotatable bonds is 2. The number of aryl methyl sites for hydroxylation is 2. The number of halogens is 1. The van der Waals surface area contributed by atoms with Crippen LogP contribution in [0.5, 0.6) is 0 Å². The van der Waals surface area contributed by atoms with Crippen molar-refractivity contribution in [3.63, 3.8) is 0 Å². The Morgan fingerprint density at radius 3 is 2.62 bits per heavy atom. The average molecular weight is 325 g/mol. The number of nitrogens with zero attached hydrogens (tertiary/aromatic N) is 4. The molecule has 1 fully saturated rings. The number of fused-ring (bicyclic) bond motifs is 1. The highest BCUT2D eigenvalue weighted by Crippen LogP contribution is 2.33. The quantitative estimate of drug-likeness (QED) is 0.628. The smallest absolute Gasteiger partial charge is 0.318 e. The Morgan fingerprint density at radius 2 is 2.00 bits per heavy atom. The van der Waals surface area contributed by atoms with Crippen molar-refractivity contribution >= 4 is 45.1 Å². The molecule has 1 aliphatic rings. The predicted octanol–water partition coefficient (Wildman–Crippen LogP) is 2.36. The van der Waals surface area contributed by atoms with Crippen molar-refractivity contribution in [3.8, 4) is 0 Å². The molecule has 0 unspecified atom stereocenters. The summed E-state index contributed by atoms with van der Waals surface area (Å²) in [7, 11) is 1.59. The summed E-state index contributed by atoms with van der Waals surface area (Å²) in [5.41, 5.74) is 1.07. The molecule has 3 heterocycles. The molecular weight excluding hydrogens is 312 g/mol. The number of thiophene rings is 1. The maximum Gasteiger partial charge on any atom is 0.327 e. The highest BCUT2D eigenvalue weighted by atomic mass is 35.5. The summed E-state index contributed by atoms with van der Waals surface area (Å²) in [4.78, 5) is 36.7. The van der Waals surface area contributed by atoms with E-state index in [1.807, 2.05) is 13.8 Å². The Kier molecular flexibility index (Phi) is 3.33. The van der Waals surface area contributed by atoms with Gasteiger partial charge in [0.1, 0.15) is 16.5 Å². The van der Waals surface area contributed by atoms with E-state index in [0.29, 0.717) is 11.0 Å². The summed E-state index contributed by atoms with van der Waals surface area (Å²) in [6.45, 7) is 4.12. The van der Waals surface area contributed by atoms with Gasteiger partial charge in [0, 0.05) is 11.9 Å².